The lowest BCUT2D eigenvalue weighted by Gasteiger charge is -2.25. The molecule has 0 fully saturated rings. The average molecular weight is 483 g/mol. The van der Waals surface area contributed by atoms with Gasteiger partial charge < -0.3 is 49.2 Å². The van der Waals surface area contributed by atoms with E-state index in [1.807, 2.05) is 6.07 Å². The summed E-state index contributed by atoms with van der Waals surface area (Å²) in [4.78, 5) is 0. The van der Waals surface area contributed by atoms with Crippen LogP contribution >= 0.6 is 0 Å². The lowest BCUT2D eigenvalue weighted by atomic mass is 10.0. The maximum atomic E-state index is 11.0. The molecule has 0 aliphatic heterocycles. The molecule has 0 saturated heterocycles. The van der Waals surface area contributed by atoms with Crippen LogP contribution in [0.5, 0.6) is 28.7 Å². The molecule has 2 aromatic carbocycles. The Bertz CT molecular complexity index is 859. The lowest BCUT2D eigenvalue weighted by Crippen LogP contribution is -2.29. The van der Waals surface area contributed by atoms with E-state index < -0.39 is 38.1 Å². The Kier molecular flexibility index (Phi) is 11.2. The first-order valence-corrected chi connectivity index (χ1v) is 10.8. The van der Waals surface area contributed by atoms with E-state index in [1.54, 1.807) is 12.1 Å². The summed E-state index contributed by atoms with van der Waals surface area (Å²) in [7, 11) is 4.32. The first-order valence-electron chi connectivity index (χ1n) is 10.8. The number of methoxy groups -OCH3 is 3. The fourth-order valence-electron chi connectivity index (χ4n) is 3.32. The van der Waals surface area contributed by atoms with Crippen LogP contribution in [0.2, 0.25) is 0 Å². The Morgan fingerprint density at radius 1 is 0.735 bits per heavy atom. The zero-order valence-corrected chi connectivity index (χ0v) is 19.6. The SMILES string of the molecule is COc1cc(CCCO)cc(O[C@H](CO)[C@H](O)c2cc(OC)c(OC(CO)CO)c(OC)c2)c1. The summed E-state index contributed by atoms with van der Waals surface area (Å²) >= 11 is 0. The Hall–Kier alpha value is -2.76. The molecule has 34 heavy (non-hydrogen) atoms. The Balaban J connectivity index is 2.34. The van der Waals surface area contributed by atoms with Crippen molar-refractivity contribution in [3.8, 4) is 28.7 Å². The van der Waals surface area contributed by atoms with Crippen molar-refractivity contribution in [1.29, 1.82) is 0 Å². The van der Waals surface area contributed by atoms with E-state index in [0.29, 0.717) is 29.9 Å². The summed E-state index contributed by atoms with van der Waals surface area (Å²) in [6, 6.07) is 8.22. The predicted molar refractivity (Wildman–Crippen MR) is 123 cm³/mol. The molecule has 190 valence electrons. The zero-order chi connectivity index (χ0) is 25.1. The van der Waals surface area contributed by atoms with Crippen molar-refractivity contribution >= 4 is 0 Å². The summed E-state index contributed by atoms with van der Waals surface area (Å²) < 4.78 is 27.5. The number of aryl methyl sites for hydroxylation is 1. The molecule has 2 atom stereocenters. The minimum absolute atomic E-state index is 0.0477. The van der Waals surface area contributed by atoms with Crippen LogP contribution in [0.3, 0.4) is 0 Å². The molecule has 2 rings (SSSR count). The van der Waals surface area contributed by atoms with E-state index in [2.05, 4.69) is 0 Å². The zero-order valence-electron chi connectivity index (χ0n) is 19.6. The summed E-state index contributed by atoms with van der Waals surface area (Å²) in [6.07, 6.45) is -2.03. The van der Waals surface area contributed by atoms with Crippen molar-refractivity contribution in [3.63, 3.8) is 0 Å². The molecule has 2 aromatic rings. The van der Waals surface area contributed by atoms with E-state index in [9.17, 15) is 20.4 Å². The Labute approximate surface area is 198 Å². The van der Waals surface area contributed by atoms with Gasteiger partial charge in [-0.25, -0.2) is 0 Å². The van der Waals surface area contributed by atoms with Gasteiger partial charge in [-0.2, -0.15) is 0 Å². The first kappa shape index (κ1) is 27.5. The quantitative estimate of drug-likeness (QED) is 0.247. The van der Waals surface area contributed by atoms with Crippen molar-refractivity contribution in [3.05, 3.63) is 41.5 Å². The minimum atomic E-state index is -1.28. The highest BCUT2D eigenvalue weighted by molar-refractivity contribution is 5.54. The smallest absolute Gasteiger partial charge is 0.204 e. The second-order valence-corrected chi connectivity index (χ2v) is 7.49. The van der Waals surface area contributed by atoms with E-state index in [-0.39, 0.29) is 23.9 Å². The molecule has 0 radical (unpaired) electrons. The van der Waals surface area contributed by atoms with Gasteiger partial charge >= 0.3 is 0 Å². The predicted octanol–water partition coefficient (Wildman–Crippen LogP) is 0.843. The van der Waals surface area contributed by atoms with Crippen molar-refractivity contribution in [2.24, 2.45) is 0 Å². The van der Waals surface area contributed by atoms with Crippen LogP contribution in [0.1, 0.15) is 23.7 Å². The van der Waals surface area contributed by atoms with Gasteiger partial charge in [0, 0.05) is 12.7 Å². The van der Waals surface area contributed by atoms with Gasteiger partial charge in [0.05, 0.1) is 41.2 Å². The Morgan fingerprint density at radius 2 is 1.35 bits per heavy atom. The molecular formula is C24H34O10. The van der Waals surface area contributed by atoms with Gasteiger partial charge in [-0.1, -0.05) is 0 Å². The second-order valence-electron chi connectivity index (χ2n) is 7.49. The number of rotatable bonds is 15. The van der Waals surface area contributed by atoms with Gasteiger partial charge in [0.25, 0.3) is 0 Å². The molecule has 0 bridgehead atoms. The highest BCUT2D eigenvalue weighted by Gasteiger charge is 2.27. The van der Waals surface area contributed by atoms with Gasteiger partial charge in [-0.05, 0) is 48.2 Å². The van der Waals surface area contributed by atoms with Crippen LogP contribution in [0.4, 0.5) is 0 Å². The normalized spacial score (nSPS) is 12.9. The summed E-state index contributed by atoms with van der Waals surface area (Å²) in [5, 5.41) is 48.7. The molecule has 5 N–H and O–H groups in total. The third-order valence-corrected chi connectivity index (χ3v) is 5.13. The standard InChI is InChI=1S/C24H34O10/c1-30-17-7-15(5-4-6-25)8-18(11-17)33-22(14-28)23(29)16-9-20(31-2)24(21(10-16)32-3)34-19(12-26)13-27/h7-11,19,22-23,25-29H,4-6,12-14H2,1-3H3/t22-,23-/m1/s1. The average Bonchev–Trinajstić information content (AvgIpc) is 2.88. The van der Waals surface area contributed by atoms with Gasteiger partial charge in [-0.3, -0.25) is 0 Å². The summed E-state index contributed by atoms with van der Waals surface area (Å²) in [5.41, 5.74) is 1.20. The highest BCUT2D eigenvalue weighted by atomic mass is 16.6. The molecule has 0 aliphatic rings. The molecule has 10 heteroatoms. The number of hydrogen-bond acceptors (Lipinski definition) is 10. The number of aliphatic hydroxyl groups is 5. The molecule has 0 unspecified atom stereocenters. The van der Waals surface area contributed by atoms with Crippen LogP contribution in [0.25, 0.3) is 0 Å². The molecule has 0 saturated carbocycles. The number of benzene rings is 2. The second kappa shape index (κ2) is 13.8. The molecule has 0 aliphatic carbocycles. The molecule has 10 nitrogen and oxygen atoms in total. The van der Waals surface area contributed by atoms with Crippen molar-refractivity contribution in [1.82, 2.24) is 0 Å². The summed E-state index contributed by atoms with van der Waals surface area (Å²) in [6.45, 7) is -1.29. The summed E-state index contributed by atoms with van der Waals surface area (Å²) in [5.74, 6) is 1.48. The molecule has 0 heterocycles. The van der Waals surface area contributed by atoms with Crippen LogP contribution in [0, 0.1) is 0 Å². The monoisotopic (exact) mass is 482 g/mol. The first-order chi connectivity index (χ1) is 16.4. The van der Waals surface area contributed by atoms with Crippen molar-refractivity contribution in [2.75, 3.05) is 47.8 Å². The van der Waals surface area contributed by atoms with Crippen LogP contribution in [-0.4, -0.2) is 85.5 Å². The van der Waals surface area contributed by atoms with Gasteiger partial charge in [0.1, 0.15) is 23.7 Å². The number of ether oxygens (including phenoxy) is 5. The molecular weight excluding hydrogens is 448 g/mol. The van der Waals surface area contributed by atoms with Gasteiger partial charge in [0.2, 0.25) is 5.75 Å². The largest absolute Gasteiger partial charge is 0.497 e. The molecule has 0 aromatic heterocycles. The Morgan fingerprint density at radius 3 is 1.85 bits per heavy atom. The fourth-order valence-corrected chi connectivity index (χ4v) is 3.32. The van der Waals surface area contributed by atoms with Crippen LogP contribution in [-0.2, 0) is 6.42 Å². The van der Waals surface area contributed by atoms with E-state index >= 15 is 0 Å². The fraction of sp³-hybridized carbons (Fsp3) is 0.500. The topological polar surface area (TPSA) is 147 Å². The van der Waals surface area contributed by atoms with Gasteiger partial charge in [0.15, 0.2) is 17.6 Å². The molecule has 0 amide bonds. The minimum Gasteiger partial charge on any atom is -0.497 e. The van der Waals surface area contributed by atoms with E-state index in [4.69, 9.17) is 28.8 Å². The highest BCUT2D eigenvalue weighted by Crippen LogP contribution is 2.41. The maximum absolute atomic E-state index is 11.0. The number of aliphatic hydroxyl groups excluding tert-OH is 5. The third kappa shape index (κ3) is 7.12. The van der Waals surface area contributed by atoms with E-state index in [0.717, 1.165) is 5.56 Å². The third-order valence-electron chi connectivity index (χ3n) is 5.13. The lowest BCUT2D eigenvalue weighted by molar-refractivity contribution is 0.000329. The van der Waals surface area contributed by atoms with Gasteiger partial charge in [-0.15, -0.1) is 0 Å². The van der Waals surface area contributed by atoms with E-state index in [1.165, 1.54) is 33.5 Å². The molecule has 0 spiro atoms. The van der Waals surface area contributed by atoms with Crippen molar-refractivity contribution < 1.29 is 49.2 Å². The maximum Gasteiger partial charge on any atom is 0.204 e. The van der Waals surface area contributed by atoms with Crippen LogP contribution < -0.4 is 23.7 Å². The number of hydrogen-bond donors (Lipinski definition) is 5. The van der Waals surface area contributed by atoms with Crippen molar-refractivity contribution in [2.45, 2.75) is 31.2 Å². The van der Waals surface area contributed by atoms with Crippen LogP contribution in [0.15, 0.2) is 30.3 Å².